The Morgan fingerprint density at radius 2 is 1.92 bits per heavy atom. The van der Waals surface area contributed by atoms with Crippen LogP contribution in [0.15, 0.2) is 38.9 Å². The number of hydrogen-bond donors (Lipinski definition) is 0. The van der Waals surface area contributed by atoms with E-state index in [0.717, 1.165) is 23.2 Å². The maximum absolute atomic E-state index is 12.7. The third-order valence-corrected chi connectivity index (χ3v) is 5.73. The summed E-state index contributed by atoms with van der Waals surface area (Å²) in [5, 5.41) is 1.09. The molecule has 0 amide bonds. The second kappa shape index (κ2) is 6.39. The molecule has 134 valence electrons. The summed E-state index contributed by atoms with van der Waals surface area (Å²) >= 11 is 1.53. The van der Waals surface area contributed by atoms with Crippen LogP contribution in [-0.2, 0) is 19.8 Å². The molecule has 0 unspecified atom stereocenters. The molecule has 6 nitrogen and oxygen atoms in total. The number of fused-ring (bicyclic) bond motifs is 1. The lowest BCUT2D eigenvalue weighted by Gasteiger charge is -2.11. The van der Waals surface area contributed by atoms with Crippen LogP contribution < -0.4 is 11.2 Å². The quantitative estimate of drug-likeness (QED) is 0.523. The van der Waals surface area contributed by atoms with Gasteiger partial charge in [0, 0.05) is 25.8 Å². The molecule has 7 heteroatoms. The molecule has 26 heavy (non-hydrogen) atoms. The Balaban J connectivity index is 1.86. The van der Waals surface area contributed by atoms with Crippen LogP contribution in [0.4, 0.5) is 0 Å². The van der Waals surface area contributed by atoms with E-state index in [2.05, 4.69) is 30.1 Å². The van der Waals surface area contributed by atoms with Crippen LogP contribution in [0.1, 0.15) is 35.7 Å². The lowest BCUT2D eigenvalue weighted by Crippen LogP contribution is -2.37. The van der Waals surface area contributed by atoms with Gasteiger partial charge in [0.05, 0.1) is 0 Å². The normalized spacial score (nSPS) is 14.1. The SMILES string of the molecule is Cc1cccc(CSc2nc(C3CC3)nc3c2c(=O)n(C)c(=O)n3C)c1. The van der Waals surface area contributed by atoms with Crippen molar-refractivity contribution in [3.63, 3.8) is 0 Å². The molecular weight excluding hydrogens is 348 g/mol. The summed E-state index contributed by atoms with van der Waals surface area (Å²) in [6.07, 6.45) is 2.12. The summed E-state index contributed by atoms with van der Waals surface area (Å²) in [7, 11) is 3.15. The van der Waals surface area contributed by atoms with Crippen LogP contribution in [0, 0.1) is 6.92 Å². The van der Waals surface area contributed by atoms with Gasteiger partial charge >= 0.3 is 5.69 Å². The van der Waals surface area contributed by atoms with E-state index in [1.54, 1.807) is 7.05 Å². The number of nitrogens with zero attached hydrogens (tertiary/aromatic N) is 4. The zero-order valence-corrected chi connectivity index (χ0v) is 15.8. The molecule has 2 aromatic heterocycles. The van der Waals surface area contributed by atoms with Gasteiger partial charge in [-0.15, -0.1) is 11.8 Å². The maximum Gasteiger partial charge on any atom is 0.332 e. The van der Waals surface area contributed by atoms with Gasteiger partial charge in [0.1, 0.15) is 16.2 Å². The highest BCUT2D eigenvalue weighted by atomic mass is 32.2. The van der Waals surface area contributed by atoms with Gasteiger partial charge in [-0.05, 0) is 25.3 Å². The summed E-state index contributed by atoms with van der Waals surface area (Å²) in [5.74, 6) is 1.80. The zero-order chi connectivity index (χ0) is 18.4. The molecule has 1 fully saturated rings. The Labute approximate surface area is 154 Å². The number of rotatable bonds is 4. The molecule has 2 heterocycles. The molecule has 1 aliphatic carbocycles. The van der Waals surface area contributed by atoms with Crippen molar-refractivity contribution in [3.8, 4) is 0 Å². The minimum atomic E-state index is -0.363. The average molecular weight is 368 g/mol. The smallest absolute Gasteiger partial charge is 0.280 e. The van der Waals surface area contributed by atoms with Crippen molar-refractivity contribution >= 4 is 22.8 Å². The summed E-state index contributed by atoms with van der Waals surface area (Å²) in [5.41, 5.74) is 2.11. The topological polar surface area (TPSA) is 69.8 Å². The van der Waals surface area contributed by atoms with E-state index in [4.69, 9.17) is 4.98 Å². The number of hydrogen-bond acceptors (Lipinski definition) is 5. The predicted molar refractivity (Wildman–Crippen MR) is 103 cm³/mol. The molecule has 0 spiro atoms. The van der Waals surface area contributed by atoms with Gasteiger partial charge in [-0.2, -0.15) is 0 Å². The van der Waals surface area contributed by atoms with E-state index < -0.39 is 0 Å². The molecule has 3 aromatic rings. The molecule has 0 saturated heterocycles. The zero-order valence-electron chi connectivity index (χ0n) is 15.0. The van der Waals surface area contributed by atoms with Crippen molar-refractivity contribution in [2.75, 3.05) is 0 Å². The fourth-order valence-electron chi connectivity index (χ4n) is 3.03. The third kappa shape index (κ3) is 2.96. The van der Waals surface area contributed by atoms with Gasteiger partial charge in [0.15, 0.2) is 5.65 Å². The summed E-state index contributed by atoms with van der Waals surface area (Å²) in [6, 6.07) is 8.29. The average Bonchev–Trinajstić information content (AvgIpc) is 3.47. The Morgan fingerprint density at radius 1 is 1.15 bits per heavy atom. The van der Waals surface area contributed by atoms with Crippen molar-refractivity contribution in [1.29, 1.82) is 0 Å². The van der Waals surface area contributed by atoms with Crippen molar-refractivity contribution in [1.82, 2.24) is 19.1 Å². The molecular formula is C19H20N4O2S. The molecule has 0 bridgehead atoms. The van der Waals surface area contributed by atoms with Crippen LogP contribution in [0.5, 0.6) is 0 Å². The summed E-state index contributed by atoms with van der Waals surface area (Å²) < 4.78 is 2.57. The van der Waals surface area contributed by atoms with E-state index in [0.29, 0.717) is 27.7 Å². The lowest BCUT2D eigenvalue weighted by atomic mass is 10.2. The highest BCUT2D eigenvalue weighted by Gasteiger charge is 2.29. The Morgan fingerprint density at radius 3 is 2.62 bits per heavy atom. The second-order valence-electron chi connectivity index (χ2n) is 6.84. The number of aryl methyl sites for hydroxylation is 2. The van der Waals surface area contributed by atoms with Crippen molar-refractivity contribution in [2.45, 2.75) is 36.5 Å². The third-order valence-electron chi connectivity index (χ3n) is 4.68. The Kier molecular flexibility index (Phi) is 4.19. The first kappa shape index (κ1) is 17.0. The highest BCUT2D eigenvalue weighted by molar-refractivity contribution is 7.98. The first-order chi connectivity index (χ1) is 12.5. The molecule has 1 aliphatic rings. The van der Waals surface area contributed by atoms with Crippen molar-refractivity contribution < 1.29 is 0 Å². The first-order valence-electron chi connectivity index (χ1n) is 8.61. The standard InChI is InChI=1S/C19H20N4O2S/c1-11-5-4-6-12(9-11)10-26-17-14-16(20-15(21-17)13-7-8-13)22(2)19(25)23(3)18(14)24/h4-6,9,13H,7-8,10H2,1-3H3. The summed E-state index contributed by atoms with van der Waals surface area (Å²) in [6.45, 7) is 2.06. The molecule has 4 rings (SSSR count). The Hall–Kier alpha value is -2.41. The van der Waals surface area contributed by atoms with E-state index in [9.17, 15) is 9.59 Å². The number of thioether (sulfide) groups is 1. The van der Waals surface area contributed by atoms with Gasteiger partial charge in [-0.3, -0.25) is 13.9 Å². The Bertz CT molecular complexity index is 1130. The minimum Gasteiger partial charge on any atom is -0.280 e. The van der Waals surface area contributed by atoms with E-state index in [-0.39, 0.29) is 11.2 Å². The number of benzene rings is 1. The van der Waals surface area contributed by atoms with Gasteiger partial charge < -0.3 is 0 Å². The van der Waals surface area contributed by atoms with Gasteiger partial charge in [0.25, 0.3) is 5.56 Å². The fraction of sp³-hybridized carbons (Fsp3) is 0.368. The van der Waals surface area contributed by atoms with Gasteiger partial charge in [0.2, 0.25) is 0 Å². The van der Waals surface area contributed by atoms with Crippen molar-refractivity contribution in [2.24, 2.45) is 14.1 Å². The maximum atomic E-state index is 12.7. The summed E-state index contributed by atoms with van der Waals surface area (Å²) in [4.78, 5) is 34.3. The van der Waals surface area contributed by atoms with Crippen LogP contribution in [0.2, 0.25) is 0 Å². The van der Waals surface area contributed by atoms with Crippen LogP contribution in [0.3, 0.4) is 0 Å². The van der Waals surface area contributed by atoms with Crippen LogP contribution >= 0.6 is 11.8 Å². The predicted octanol–water partition coefficient (Wildman–Crippen LogP) is 2.51. The van der Waals surface area contributed by atoms with E-state index >= 15 is 0 Å². The molecule has 0 aliphatic heterocycles. The molecule has 0 N–H and O–H groups in total. The molecule has 0 atom stereocenters. The van der Waals surface area contributed by atoms with Crippen molar-refractivity contribution in [3.05, 3.63) is 62.1 Å². The molecule has 1 saturated carbocycles. The number of aromatic nitrogens is 4. The van der Waals surface area contributed by atoms with E-state index in [1.807, 2.05) is 6.07 Å². The van der Waals surface area contributed by atoms with Crippen LogP contribution in [0.25, 0.3) is 11.0 Å². The monoisotopic (exact) mass is 368 g/mol. The second-order valence-corrected chi connectivity index (χ2v) is 7.81. The van der Waals surface area contributed by atoms with E-state index in [1.165, 1.54) is 34.5 Å². The highest BCUT2D eigenvalue weighted by Crippen LogP contribution is 2.39. The molecule has 1 aromatic carbocycles. The fourth-order valence-corrected chi connectivity index (χ4v) is 3.99. The minimum absolute atomic E-state index is 0.336. The molecule has 0 radical (unpaired) electrons. The van der Waals surface area contributed by atoms with Crippen LogP contribution in [-0.4, -0.2) is 19.1 Å². The first-order valence-corrected chi connectivity index (χ1v) is 9.60. The van der Waals surface area contributed by atoms with Gasteiger partial charge in [-0.25, -0.2) is 14.8 Å². The lowest BCUT2D eigenvalue weighted by molar-refractivity contribution is 0.698. The largest absolute Gasteiger partial charge is 0.332 e. The van der Waals surface area contributed by atoms with Gasteiger partial charge in [-0.1, -0.05) is 29.8 Å².